The number of aliphatic hydroxyl groups excluding tert-OH is 1. The molecule has 2 heterocycles. The van der Waals surface area contributed by atoms with Gasteiger partial charge in [-0.1, -0.05) is 0 Å². The fourth-order valence-corrected chi connectivity index (χ4v) is 1.66. The first-order chi connectivity index (χ1) is 7.83. The van der Waals surface area contributed by atoms with E-state index in [-0.39, 0.29) is 18.6 Å². The molecule has 1 atom stereocenters. The van der Waals surface area contributed by atoms with Crippen LogP contribution < -0.4 is 0 Å². The molecule has 1 N–H and O–H groups in total. The van der Waals surface area contributed by atoms with E-state index in [2.05, 4.69) is 10.2 Å². The molecule has 0 radical (unpaired) electrons. The summed E-state index contributed by atoms with van der Waals surface area (Å²) in [5.74, 6) is -0.141. The van der Waals surface area contributed by atoms with E-state index in [1.807, 2.05) is 0 Å². The van der Waals surface area contributed by atoms with Crippen molar-refractivity contribution in [3.63, 3.8) is 0 Å². The summed E-state index contributed by atoms with van der Waals surface area (Å²) in [6.45, 7) is 1.28. The molecule has 6 nitrogen and oxygen atoms in total. The Morgan fingerprint density at radius 1 is 1.62 bits per heavy atom. The minimum absolute atomic E-state index is 0.0930. The van der Waals surface area contributed by atoms with Crippen LogP contribution in [0.15, 0.2) is 18.5 Å². The standard InChI is InChI=1S/C10H13N3O3/c14-6-9-7-16-4-3-13(9)10(15)8-1-2-11-12-5-8/h1-2,5,9,14H,3-4,6-7H2. The molecule has 1 aliphatic heterocycles. The molecule has 0 bridgehead atoms. The summed E-state index contributed by atoms with van der Waals surface area (Å²) >= 11 is 0. The highest BCUT2D eigenvalue weighted by Crippen LogP contribution is 2.11. The van der Waals surface area contributed by atoms with Gasteiger partial charge in [-0.2, -0.15) is 10.2 Å². The van der Waals surface area contributed by atoms with Crippen LogP contribution in [0.5, 0.6) is 0 Å². The van der Waals surface area contributed by atoms with Crippen molar-refractivity contribution in [3.8, 4) is 0 Å². The van der Waals surface area contributed by atoms with Crippen LogP contribution in [-0.2, 0) is 4.74 Å². The second-order valence-electron chi connectivity index (χ2n) is 3.54. The van der Waals surface area contributed by atoms with Crippen molar-refractivity contribution in [2.45, 2.75) is 6.04 Å². The summed E-state index contributed by atoms with van der Waals surface area (Å²) in [6, 6.07) is 1.34. The Hall–Kier alpha value is -1.53. The van der Waals surface area contributed by atoms with Gasteiger partial charge in [0.05, 0.1) is 43.8 Å². The van der Waals surface area contributed by atoms with Gasteiger partial charge >= 0.3 is 0 Å². The molecule has 1 aromatic heterocycles. The topological polar surface area (TPSA) is 75.6 Å². The summed E-state index contributed by atoms with van der Waals surface area (Å²) in [4.78, 5) is 13.7. The van der Waals surface area contributed by atoms with Crippen molar-refractivity contribution in [2.75, 3.05) is 26.4 Å². The zero-order valence-electron chi connectivity index (χ0n) is 8.74. The van der Waals surface area contributed by atoms with Crippen LogP contribution in [-0.4, -0.2) is 58.5 Å². The number of amides is 1. The molecular formula is C10H13N3O3. The number of hydrogen-bond donors (Lipinski definition) is 1. The Morgan fingerprint density at radius 2 is 2.50 bits per heavy atom. The highest BCUT2D eigenvalue weighted by Gasteiger charge is 2.27. The first kappa shape index (κ1) is 11.0. The van der Waals surface area contributed by atoms with Gasteiger partial charge in [0.15, 0.2) is 0 Å². The SMILES string of the molecule is O=C(c1ccnnc1)N1CCOCC1CO. The van der Waals surface area contributed by atoms with E-state index >= 15 is 0 Å². The first-order valence-electron chi connectivity index (χ1n) is 5.09. The van der Waals surface area contributed by atoms with Crippen LogP contribution in [0, 0.1) is 0 Å². The van der Waals surface area contributed by atoms with Crippen molar-refractivity contribution >= 4 is 5.91 Å². The summed E-state index contributed by atoms with van der Waals surface area (Å²) in [7, 11) is 0. The number of carbonyl (C=O) groups is 1. The van der Waals surface area contributed by atoms with Crippen LogP contribution in [0.4, 0.5) is 0 Å². The normalized spacial score (nSPS) is 20.8. The molecule has 1 aliphatic rings. The van der Waals surface area contributed by atoms with Crippen LogP contribution in [0.25, 0.3) is 0 Å². The maximum absolute atomic E-state index is 12.1. The monoisotopic (exact) mass is 223 g/mol. The molecule has 0 saturated carbocycles. The van der Waals surface area contributed by atoms with Crippen molar-refractivity contribution < 1.29 is 14.6 Å². The van der Waals surface area contributed by atoms with E-state index in [0.717, 1.165) is 0 Å². The van der Waals surface area contributed by atoms with Gasteiger partial charge in [0.1, 0.15) is 0 Å². The van der Waals surface area contributed by atoms with E-state index in [9.17, 15) is 4.79 Å². The number of hydrogen-bond acceptors (Lipinski definition) is 5. The lowest BCUT2D eigenvalue weighted by Gasteiger charge is -2.34. The summed E-state index contributed by atoms with van der Waals surface area (Å²) in [5.41, 5.74) is 0.482. The van der Waals surface area contributed by atoms with Gasteiger partial charge in [-0.15, -0.1) is 0 Å². The van der Waals surface area contributed by atoms with Crippen molar-refractivity contribution in [3.05, 3.63) is 24.0 Å². The predicted octanol–water partition coefficient (Wildman–Crippen LogP) is -0.690. The van der Waals surface area contributed by atoms with Crippen LogP contribution in [0.2, 0.25) is 0 Å². The van der Waals surface area contributed by atoms with Gasteiger partial charge in [0.25, 0.3) is 5.91 Å². The van der Waals surface area contributed by atoms with E-state index in [1.165, 1.54) is 12.4 Å². The molecule has 0 aliphatic carbocycles. The Labute approximate surface area is 92.9 Å². The molecule has 0 aromatic carbocycles. The molecule has 16 heavy (non-hydrogen) atoms. The number of aliphatic hydroxyl groups is 1. The van der Waals surface area contributed by atoms with Gasteiger partial charge < -0.3 is 14.7 Å². The zero-order valence-corrected chi connectivity index (χ0v) is 8.74. The maximum atomic E-state index is 12.1. The third-order valence-corrected chi connectivity index (χ3v) is 2.53. The molecule has 1 saturated heterocycles. The summed E-state index contributed by atoms with van der Waals surface area (Å²) < 4.78 is 5.21. The fraction of sp³-hybridized carbons (Fsp3) is 0.500. The largest absolute Gasteiger partial charge is 0.394 e. The van der Waals surface area contributed by atoms with Gasteiger partial charge in [-0.3, -0.25) is 4.79 Å². The highest BCUT2D eigenvalue weighted by molar-refractivity contribution is 5.94. The first-order valence-corrected chi connectivity index (χ1v) is 5.09. The number of rotatable bonds is 2. The molecular weight excluding hydrogens is 210 g/mol. The Kier molecular flexibility index (Phi) is 3.43. The maximum Gasteiger partial charge on any atom is 0.256 e. The average molecular weight is 223 g/mol. The number of aromatic nitrogens is 2. The van der Waals surface area contributed by atoms with Gasteiger partial charge in [0.2, 0.25) is 0 Å². The fourth-order valence-electron chi connectivity index (χ4n) is 1.66. The third-order valence-electron chi connectivity index (χ3n) is 2.53. The molecule has 6 heteroatoms. The molecule has 2 rings (SSSR count). The lowest BCUT2D eigenvalue weighted by Crippen LogP contribution is -2.50. The zero-order chi connectivity index (χ0) is 11.4. The second kappa shape index (κ2) is 5.00. The lowest BCUT2D eigenvalue weighted by atomic mass is 10.2. The van der Waals surface area contributed by atoms with E-state index in [4.69, 9.17) is 9.84 Å². The molecule has 1 fully saturated rings. The average Bonchev–Trinajstić information content (AvgIpc) is 2.39. The summed E-state index contributed by atoms with van der Waals surface area (Å²) in [5, 5.41) is 16.4. The molecule has 1 amide bonds. The summed E-state index contributed by atoms with van der Waals surface area (Å²) in [6.07, 6.45) is 2.90. The van der Waals surface area contributed by atoms with Gasteiger partial charge in [-0.05, 0) is 6.07 Å². The number of nitrogens with zero attached hydrogens (tertiary/aromatic N) is 3. The molecule has 1 aromatic rings. The predicted molar refractivity (Wildman–Crippen MR) is 54.8 cm³/mol. The van der Waals surface area contributed by atoms with Crippen LogP contribution in [0.3, 0.4) is 0 Å². The molecule has 0 spiro atoms. The van der Waals surface area contributed by atoms with E-state index in [0.29, 0.717) is 25.3 Å². The molecule has 1 unspecified atom stereocenters. The Bertz CT molecular complexity index is 358. The van der Waals surface area contributed by atoms with Gasteiger partial charge in [0, 0.05) is 6.54 Å². The number of carbonyl (C=O) groups excluding carboxylic acids is 1. The van der Waals surface area contributed by atoms with Crippen molar-refractivity contribution in [2.24, 2.45) is 0 Å². The van der Waals surface area contributed by atoms with Crippen LogP contribution >= 0.6 is 0 Å². The smallest absolute Gasteiger partial charge is 0.256 e. The van der Waals surface area contributed by atoms with Gasteiger partial charge in [-0.25, -0.2) is 0 Å². The third kappa shape index (κ3) is 2.17. The van der Waals surface area contributed by atoms with E-state index in [1.54, 1.807) is 11.0 Å². The minimum atomic E-state index is -0.269. The van der Waals surface area contributed by atoms with Crippen molar-refractivity contribution in [1.82, 2.24) is 15.1 Å². The highest BCUT2D eigenvalue weighted by atomic mass is 16.5. The Balaban J connectivity index is 2.14. The minimum Gasteiger partial charge on any atom is -0.394 e. The van der Waals surface area contributed by atoms with Crippen molar-refractivity contribution in [1.29, 1.82) is 0 Å². The Morgan fingerprint density at radius 3 is 3.19 bits per heavy atom. The van der Waals surface area contributed by atoms with Crippen LogP contribution in [0.1, 0.15) is 10.4 Å². The van der Waals surface area contributed by atoms with E-state index < -0.39 is 0 Å². The quantitative estimate of drug-likeness (QED) is 0.718. The number of ether oxygens (including phenoxy) is 1. The molecule has 86 valence electrons. The number of morpholine rings is 1. The lowest BCUT2D eigenvalue weighted by molar-refractivity contribution is -0.0184. The second-order valence-corrected chi connectivity index (χ2v) is 3.54.